The molecule has 2 aliphatic rings. The van der Waals surface area contributed by atoms with Crippen LogP contribution in [0, 0.1) is 17.8 Å². The monoisotopic (exact) mass is 354 g/mol. The van der Waals surface area contributed by atoms with Crippen LogP contribution < -0.4 is 0 Å². The summed E-state index contributed by atoms with van der Waals surface area (Å²) in [6.07, 6.45) is 6.28. The van der Waals surface area contributed by atoms with Crippen molar-refractivity contribution in [1.29, 1.82) is 0 Å². The van der Waals surface area contributed by atoms with Crippen molar-refractivity contribution in [2.45, 2.75) is 33.1 Å². The summed E-state index contributed by atoms with van der Waals surface area (Å²) in [5.74, 6) is 1.60. The van der Waals surface area contributed by atoms with E-state index in [4.69, 9.17) is 0 Å². The first-order valence-electron chi connectivity index (χ1n) is 9.83. The van der Waals surface area contributed by atoms with Crippen molar-refractivity contribution in [2.75, 3.05) is 26.2 Å². The fraction of sp³-hybridized carbons (Fsp3) is 0.545. The molecule has 140 valence electrons. The van der Waals surface area contributed by atoms with Crippen LogP contribution in [-0.2, 0) is 9.59 Å². The molecule has 2 aliphatic heterocycles. The highest BCUT2D eigenvalue weighted by molar-refractivity contribution is 5.92. The molecule has 0 bridgehead atoms. The van der Waals surface area contributed by atoms with Crippen LogP contribution in [0.5, 0.6) is 0 Å². The van der Waals surface area contributed by atoms with Crippen molar-refractivity contribution in [3.63, 3.8) is 0 Å². The molecule has 2 atom stereocenters. The van der Waals surface area contributed by atoms with Crippen LogP contribution in [0.2, 0.25) is 0 Å². The fourth-order valence-corrected chi connectivity index (χ4v) is 4.28. The van der Waals surface area contributed by atoms with E-state index in [1.54, 1.807) is 6.08 Å². The molecule has 0 aliphatic carbocycles. The van der Waals surface area contributed by atoms with Crippen LogP contribution in [0.15, 0.2) is 36.4 Å². The zero-order chi connectivity index (χ0) is 18.5. The zero-order valence-electron chi connectivity index (χ0n) is 15.9. The van der Waals surface area contributed by atoms with Gasteiger partial charge in [0, 0.05) is 38.2 Å². The van der Waals surface area contributed by atoms with Crippen molar-refractivity contribution in [3.8, 4) is 0 Å². The number of likely N-dealkylation sites (tertiary alicyclic amines) is 2. The van der Waals surface area contributed by atoms with Gasteiger partial charge in [0.2, 0.25) is 11.8 Å². The molecule has 2 fully saturated rings. The third-order valence-corrected chi connectivity index (χ3v) is 5.55. The molecule has 2 amide bonds. The Bertz CT molecular complexity index is 637. The zero-order valence-corrected chi connectivity index (χ0v) is 15.9. The van der Waals surface area contributed by atoms with E-state index in [2.05, 4.69) is 18.7 Å². The van der Waals surface area contributed by atoms with Crippen molar-refractivity contribution in [2.24, 2.45) is 17.8 Å². The van der Waals surface area contributed by atoms with E-state index in [1.807, 2.05) is 41.3 Å². The van der Waals surface area contributed by atoms with Crippen LogP contribution >= 0.6 is 0 Å². The van der Waals surface area contributed by atoms with E-state index in [9.17, 15) is 9.59 Å². The Morgan fingerprint density at radius 2 is 1.58 bits per heavy atom. The number of rotatable bonds is 3. The highest BCUT2D eigenvalue weighted by Crippen LogP contribution is 2.26. The quantitative estimate of drug-likeness (QED) is 0.780. The number of hydrogen-bond acceptors (Lipinski definition) is 2. The smallest absolute Gasteiger partial charge is 0.246 e. The molecule has 3 rings (SSSR count). The molecule has 0 spiro atoms. The lowest BCUT2D eigenvalue weighted by Crippen LogP contribution is -2.48. The standard InChI is InChI=1S/C22H30N2O2/c1-17-14-18(2)16-24(15-17)22(26)20-10-12-23(13-11-20)21(25)9-8-19-6-4-3-5-7-19/h3-9,17-18,20H,10-16H2,1-2H3/b9-8+. The molecule has 26 heavy (non-hydrogen) atoms. The lowest BCUT2D eigenvalue weighted by Gasteiger charge is -2.39. The maximum absolute atomic E-state index is 12.8. The SMILES string of the molecule is CC1CC(C)CN(C(=O)C2CCN(C(=O)/C=C/c3ccccc3)CC2)C1. The summed E-state index contributed by atoms with van der Waals surface area (Å²) < 4.78 is 0. The van der Waals surface area contributed by atoms with Gasteiger partial charge in [-0.25, -0.2) is 0 Å². The minimum Gasteiger partial charge on any atom is -0.342 e. The minimum absolute atomic E-state index is 0.0416. The van der Waals surface area contributed by atoms with Crippen molar-refractivity contribution < 1.29 is 9.59 Å². The third kappa shape index (κ3) is 4.75. The lowest BCUT2D eigenvalue weighted by molar-refractivity contribution is -0.141. The maximum atomic E-state index is 12.8. The average Bonchev–Trinajstić information content (AvgIpc) is 2.65. The molecule has 4 heteroatoms. The Kier molecular flexibility index (Phi) is 6.12. The van der Waals surface area contributed by atoms with E-state index >= 15 is 0 Å². The number of nitrogens with zero attached hydrogens (tertiary/aromatic N) is 2. The van der Waals surface area contributed by atoms with Gasteiger partial charge in [0.25, 0.3) is 0 Å². The number of carbonyl (C=O) groups is 2. The molecular formula is C22H30N2O2. The normalized spacial score (nSPS) is 24.8. The van der Waals surface area contributed by atoms with Crippen LogP contribution in [-0.4, -0.2) is 47.8 Å². The molecule has 0 aromatic heterocycles. The van der Waals surface area contributed by atoms with Gasteiger partial charge in [0.05, 0.1) is 0 Å². The first-order chi connectivity index (χ1) is 12.5. The number of piperidine rings is 2. The first-order valence-corrected chi connectivity index (χ1v) is 9.83. The summed E-state index contributed by atoms with van der Waals surface area (Å²) >= 11 is 0. The number of benzene rings is 1. The second-order valence-electron chi connectivity index (χ2n) is 8.03. The van der Waals surface area contributed by atoms with Gasteiger partial charge in [-0.15, -0.1) is 0 Å². The molecular weight excluding hydrogens is 324 g/mol. The number of amides is 2. The Morgan fingerprint density at radius 1 is 0.962 bits per heavy atom. The summed E-state index contributed by atoms with van der Waals surface area (Å²) in [5, 5.41) is 0. The molecule has 0 N–H and O–H groups in total. The maximum Gasteiger partial charge on any atom is 0.246 e. The van der Waals surface area contributed by atoms with E-state index in [0.29, 0.717) is 30.8 Å². The van der Waals surface area contributed by atoms with Gasteiger partial charge in [0.1, 0.15) is 0 Å². The van der Waals surface area contributed by atoms with Crippen LogP contribution in [0.3, 0.4) is 0 Å². The molecule has 1 aromatic rings. The van der Waals surface area contributed by atoms with E-state index in [-0.39, 0.29) is 11.8 Å². The predicted octanol–water partition coefficient (Wildman–Crippen LogP) is 3.44. The Morgan fingerprint density at radius 3 is 2.19 bits per heavy atom. The molecule has 1 aromatic carbocycles. The highest BCUT2D eigenvalue weighted by atomic mass is 16.2. The van der Waals surface area contributed by atoms with E-state index in [1.165, 1.54) is 6.42 Å². The van der Waals surface area contributed by atoms with Crippen LogP contribution in [0.1, 0.15) is 38.7 Å². The van der Waals surface area contributed by atoms with Gasteiger partial charge >= 0.3 is 0 Å². The lowest BCUT2D eigenvalue weighted by atomic mass is 9.89. The van der Waals surface area contributed by atoms with Crippen LogP contribution in [0.25, 0.3) is 6.08 Å². The topological polar surface area (TPSA) is 40.6 Å². The van der Waals surface area contributed by atoms with Gasteiger partial charge in [-0.3, -0.25) is 9.59 Å². The summed E-state index contributed by atoms with van der Waals surface area (Å²) in [6.45, 7) is 7.59. The summed E-state index contributed by atoms with van der Waals surface area (Å²) in [6, 6.07) is 9.85. The fourth-order valence-electron chi connectivity index (χ4n) is 4.28. The average molecular weight is 354 g/mol. The second-order valence-corrected chi connectivity index (χ2v) is 8.03. The Labute approximate surface area is 156 Å². The third-order valence-electron chi connectivity index (χ3n) is 5.55. The van der Waals surface area contributed by atoms with Gasteiger partial charge in [-0.05, 0) is 42.7 Å². The van der Waals surface area contributed by atoms with Gasteiger partial charge in [-0.2, -0.15) is 0 Å². The Hall–Kier alpha value is -2.10. The molecule has 4 nitrogen and oxygen atoms in total. The Balaban J connectivity index is 1.50. The molecule has 2 heterocycles. The van der Waals surface area contributed by atoms with Crippen LogP contribution in [0.4, 0.5) is 0 Å². The number of hydrogen-bond donors (Lipinski definition) is 0. The number of carbonyl (C=O) groups excluding carboxylic acids is 2. The summed E-state index contributed by atoms with van der Waals surface area (Å²) in [7, 11) is 0. The van der Waals surface area contributed by atoms with Crippen molar-refractivity contribution in [3.05, 3.63) is 42.0 Å². The molecule has 0 radical (unpaired) electrons. The molecule has 2 saturated heterocycles. The van der Waals surface area contributed by atoms with Gasteiger partial charge in [0.15, 0.2) is 0 Å². The highest BCUT2D eigenvalue weighted by Gasteiger charge is 2.32. The van der Waals surface area contributed by atoms with Crippen molar-refractivity contribution in [1.82, 2.24) is 9.80 Å². The molecule has 2 unspecified atom stereocenters. The largest absolute Gasteiger partial charge is 0.342 e. The predicted molar refractivity (Wildman–Crippen MR) is 104 cm³/mol. The summed E-state index contributed by atoms with van der Waals surface area (Å²) in [5.41, 5.74) is 1.03. The van der Waals surface area contributed by atoms with E-state index in [0.717, 1.165) is 31.5 Å². The van der Waals surface area contributed by atoms with Gasteiger partial charge < -0.3 is 9.80 Å². The van der Waals surface area contributed by atoms with Gasteiger partial charge in [-0.1, -0.05) is 44.2 Å². The second kappa shape index (κ2) is 8.52. The van der Waals surface area contributed by atoms with E-state index < -0.39 is 0 Å². The van der Waals surface area contributed by atoms with Crippen molar-refractivity contribution >= 4 is 17.9 Å². The minimum atomic E-state index is 0.0416. The molecule has 0 saturated carbocycles. The first kappa shape index (κ1) is 18.7. The summed E-state index contributed by atoms with van der Waals surface area (Å²) in [4.78, 5) is 29.2.